The largest absolute Gasteiger partial charge is 0.481 e. The third-order valence-corrected chi connectivity index (χ3v) is 2.41. The number of anilines is 1. The molecule has 1 unspecified atom stereocenters. The van der Waals surface area contributed by atoms with Gasteiger partial charge in [0.25, 0.3) is 0 Å². The molecule has 0 bridgehead atoms. The number of methoxy groups -OCH3 is 2. The summed E-state index contributed by atoms with van der Waals surface area (Å²) in [4.78, 5) is 10.5. The predicted octanol–water partition coefficient (Wildman–Crippen LogP) is 0.525. The van der Waals surface area contributed by atoms with Crippen molar-refractivity contribution in [1.29, 1.82) is 0 Å². The van der Waals surface area contributed by atoms with E-state index in [1.54, 1.807) is 20.3 Å². The van der Waals surface area contributed by atoms with Gasteiger partial charge in [-0.1, -0.05) is 6.92 Å². The summed E-state index contributed by atoms with van der Waals surface area (Å²) in [7, 11) is 5.04. The molecule has 0 aliphatic heterocycles. The highest BCUT2D eigenvalue weighted by Crippen LogP contribution is 2.19. The molecule has 96 valence electrons. The first-order valence-corrected chi connectivity index (χ1v) is 5.49. The van der Waals surface area contributed by atoms with Gasteiger partial charge in [0.15, 0.2) is 0 Å². The van der Waals surface area contributed by atoms with E-state index < -0.39 is 0 Å². The van der Waals surface area contributed by atoms with Gasteiger partial charge < -0.3 is 20.1 Å². The number of rotatable bonds is 6. The summed E-state index contributed by atoms with van der Waals surface area (Å²) in [6, 6.07) is 1.64. The summed E-state index contributed by atoms with van der Waals surface area (Å²) in [5.41, 5.74) is 5.59. The van der Waals surface area contributed by atoms with Crippen LogP contribution in [0.1, 0.15) is 6.92 Å². The van der Waals surface area contributed by atoms with Gasteiger partial charge in [0.1, 0.15) is 0 Å². The number of nitrogens with zero attached hydrogens (tertiary/aromatic N) is 3. The lowest BCUT2D eigenvalue weighted by molar-refractivity contribution is 0.371. The van der Waals surface area contributed by atoms with E-state index in [2.05, 4.69) is 16.9 Å². The lowest BCUT2D eigenvalue weighted by Gasteiger charge is -2.21. The van der Waals surface area contributed by atoms with Crippen molar-refractivity contribution in [3.8, 4) is 11.8 Å². The Morgan fingerprint density at radius 1 is 1.29 bits per heavy atom. The fourth-order valence-corrected chi connectivity index (χ4v) is 1.40. The summed E-state index contributed by atoms with van der Waals surface area (Å²) in [6.07, 6.45) is 0. The van der Waals surface area contributed by atoms with E-state index in [1.807, 2.05) is 11.9 Å². The summed E-state index contributed by atoms with van der Waals surface area (Å²) in [5.74, 6) is 1.92. The Morgan fingerprint density at radius 3 is 2.24 bits per heavy atom. The Kier molecular flexibility index (Phi) is 4.96. The van der Waals surface area contributed by atoms with E-state index in [0.717, 1.165) is 6.54 Å². The third-order valence-electron chi connectivity index (χ3n) is 2.41. The zero-order valence-electron chi connectivity index (χ0n) is 10.8. The van der Waals surface area contributed by atoms with Gasteiger partial charge in [-0.2, -0.15) is 9.97 Å². The van der Waals surface area contributed by atoms with Gasteiger partial charge in [-0.05, 0) is 12.5 Å². The second kappa shape index (κ2) is 6.24. The fraction of sp³-hybridized carbons (Fsp3) is 0.636. The van der Waals surface area contributed by atoms with E-state index in [9.17, 15) is 0 Å². The van der Waals surface area contributed by atoms with Crippen LogP contribution in [0.4, 0.5) is 5.95 Å². The van der Waals surface area contributed by atoms with Crippen molar-refractivity contribution in [3.63, 3.8) is 0 Å². The Bertz CT molecular complexity index is 337. The molecule has 1 aromatic heterocycles. The van der Waals surface area contributed by atoms with Crippen LogP contribution < -0.4 is 20.1 Å². The van der Waals surface area contributed by atoms with Crippen molar-refractivity contribution in [1.82, 2.24) is 9.97 Å². The van der Waals surface area contributed by atoms with Crippen LogP contribution in [0.2, 0.25) is 0 Å². The first kappa shape index (κ1) is 13.5. The SMILES string of the molecule is COc1cc(OC)nc(N(C)CC(C)CN)n1. The Labute approximate surface area is 102 Å². The molecule has 0 aliphatic carbocycles. The topological polar surface area (TPSA) is 73.5 Å². The normalized spacial score (nSPS) is 12.1. The highest BCUT2D eigenvalue weighted by atomic mass is 16.5. The molecule has 0 aliphatic rings. The van der Waals surface area contributed by atoms with Gasteiger partial charge in [-0.25, -0.2) is 0 Å². The van der Waals surface area contributed by atoms with Crippen LogP contribution in [0.3, 0.4) is 0 Å². The lowest BCUT2D eigenvalue weighted by atomic mass is 10.2. The molecule has 1 aromatic rings. The molecule has 2 N–H and O–H groups in total. The fourth-order valence-electron chi connectivity index (χ4n) is 1.40. The van der Waals surface area contributed by atoms with Crippen LogP contribution in [0, 0.1) is 5.92 Å². The van der Waals surface area contributed by atoms with Gasteiger partial charge in [-0.15, -0.1) is 0 Å². The van der Waals surface area contributed by atoms with E-state index in [0.29, 0.717) is 30.2 Å². The minimum absolute atomic E-state index is 0.376. The number of nitrogens with two attached hydrogens (primary N) is 1. The van der Waals surface area contributed by atoms with Crippen LogP contribution in [-0.2, 0) is 0 Å². The first-order valence-electron chi connectivity index (χ1n) is 5.49. The van der Waals surface area contributed by atoms with Crippen molar-refractivity contribution in [2.24, 2.45) is 11.7 Å². The summed E-state index contributed by atoms with van der Waals surface area (Å²) < 4.78 is 10.2. The third kappa shape index (κ3) is 3.74. The van der Waals surface area contributed by atoms with Crippen molar-refractivity contribution < 1.29 is 9.47 Å². The summed E-state index contributed by atoms with van der Waals surface area (Å²) in [5, 5.41) is 0. The molecule has 0 fully saturated rings. The molecule has 0 saturated carbocycles. The lowest BCUT2D eigenvalue weighted by Crippen LogP contribution is -2.29. The molecule has 1 heterocycles. The first-order chi connectivity index (χ1) is 8.10. The molecule has 0 spiro atoms. The monoisotopic (exact) mass is 240 g/mol. The smallest absolute Gasteiger partial charge is 0.231 e. The van der Waals surface area contributed by atoms with Crippen LogP contribution >= 0.6 is 0 Å². The maximum absolute atomic E-state index is 5.59. The highest BCUT2D eigenvalue weighted by molar-refractivity contribution is 5.35. The Morgan fingerprint density at radius 2 is 1.82 bits per heavy atom. The van der Waals surface area contributed by atoms with E-state index in [4.69, 9.17) is 15.2 Å². The zero-order valence-corrected chi connectivity index (χ0v) is 10.8. The molecular weight excluding hydrogens is 220 g/mol. The van der Waals surface area contributed by atoms with Crippen LogP contribution in [0.25, 0.3) is 0 Å². The maximum Gasteiger partial charge on any atom is 0.231 e. The van der Waals surface area contributed by atoms with Gasteiger partial charge in [0, 0.05) is 13.6 Å². The number of ether oxygens (including phenoxy) is 2. The summed E-state index contributed by atoms with van der Waals surface area (Å²) in [6.45, 7) is 3.49. The molecule has 0 radical (unpaired) electrons. The maximum atomic E-state index is 5.59. The Hall–Kier alpha value is -1.56. The van der Waals surface area contributed by atoms with Gasteiger partial charge in [-0.3, -0.25) is 0 Å². The highest BCUT2D eigenvalue weighted by Gasteiger charge is 2.11. The Balaban J connectivity index is 2.88. The van der Waals surface area contributed by atoms with Gasteiger partial charge in [0.05, 0.1) is 20.3 Å². The van der Waals surface area contributed by atoms with Crippen LogP contribution in [0.15, 0.2) is 6.07 Å². The van der Waals surface area contributed by atoms with Crippen molar-refractivity contribution >= 4 is 5.95 Å². The molecule has 6 heteroatoms. The average Bonchev–Trinajstić information content (AvgIpc) is 2.37. The molecule has 0 saturated heterocycles. The number of aromatic nitrogens is 2. The standard InChI is InChI=1S/C11H20N4O2/c1-8(6-12)7-15(2)11-13-9(16-3)5-10(14-11)17-4/h5,8H,6-7,12H2,1-4H3. The van der Waals surface area contributed by atoms with Crippen molar-refractivity contribution in [2.45, 2.75) is 6.92 Å². The second-order valence-electron chi connectivity index (χ2n) is 3.97. The molecule has 0 amide bonds. The van der Waals surface area contributed by atoms with Crippen LogP contribution in [-0.4, -0.2) is 44.3 Å². The predicted molar refractivity (Wildman–Crippen MR) is 66.6 cm³/mol. The average molecular weight is 240 g/mol. The number of hydrogen-bond donors (Lipinski definition) is 1. The quantitative estimate of drug-likeness (QED) is 0.781. The van der Waals surface area contributed by atoms with E-state index in [-0.39, 0.29) is 0 Å². The van der Waals surface area contributed by atoms with Gasteiger partial charge in [0.2, 0.25) is 17.7 Å². The second-order valence-corrected chi connectivity index (χ2v) is 3.97. The molecular formula is C11H20N4O2. The molecule has 1 rings (SSSR count). The number of hydrogen-bond acceptors (Lipinski definition) is 6. The molecule has 1 atom stereocenters. The molecule has 0 aromatic carbocycles. The molecule has 6 nitrogen and oxygen atoms in total. The minimum atomic E-state index is 0.376. The van der Waals surface area contributed by atoms with Crippen LogP contribution in [0.5, 0.6) is 11.8 Å². The van der Waals surface area contributed by atoms with Crippen molar-refractivity contribution in [3.05, 3.63) is 6.07 Å². The van der Waals surface area contributed by atoms with E-state index in [1.165, 1.54) is 0 Å². The summed E-state index contributed by atoms with van der Waals surface area (Å²) >= 11 is 0. The van der Waals surface area contributed by atoms with Crippen molar-refractivity contribution in [2.75, 3.05) is 39.3 Å². The minimum Gasteiger partial charge on any atom is -0.481 e. The molecule has 17 heavy (non-hydrogen) atoms. The zero-order chi connectivity index (χ0) is 12.8. The van der Waals surface area contributed by atoms with E-state index >= 15 is 0 Å². The van der Waals surface area contributed by atoms with Gasteiger partial charge >= 0.3 is 0 Å².